The minimum absolute atomic E-state index is 0. The topological polar surface area (TPSA) is 0 Å². The molecule has 0 saturated carbocycles. The van der Waals surface area contributed by atoms with Crippen LogP contribution in [0.1, 0.15) is 6.92 Å². The van der Waals surface area contributed by atoms with Crippen molar-refractivity contribution in [3.05, 3.63) is 52.1 Å². The largest absolute Gasteiger partial charge is 4.00 e. The molecular weight excluding hydrogens is 199 g/mol. The first kappa shape index (κ1) is 22.5. The summed E-state index contributed by atoms with van der Waals surface area (Å²) in [6, 6.07) is 10.0. The van der Waals surface area contributed by atoms with E-state index >= 15 is 0 Å². The zero-order chi connectivity index (χ0) is 5.54. The summed E-state index contributed by atoms with van der Waals surface area (Å²) in [7, 11) is 0. The average Bonchev–Trinajstić information content (AvgIpc) is 2.23. The van der Waals surface area contributed by atoms with Crippen molar-refractivity contribution in [2.75, 3.05) is 0 Å². The summed E-state index contributed by atoms with van der Waals surface area (Å²) in [4.78, 5) is 0. The SMILES string of the molecule is [CH2-]C.[CH3-].[CH3-].[Zr+4].c1cc[cH-]c1. The monoisotopic (exact) mass is 214 g/mol. The van der Waals surface area contributed by atoms with Gasteiger partial charge in [-0.15, -0.1) is 0 Å². The first-order valence-corrected chi connectivity index (χ1v) is 2.37. The minimum atomic E-state index is 0. The Morgan fingerprint density at radius 1 is 1.00 bits per heavy atom. The summed E-state index contributed by atoms with van der Waals surface area (Å²) < 4.78 is 0. The maximum absolute atomic E-state index is 3.25. The predicted octanol–water partition coefficient (Wildman–Crippen LogP) is 3.14. The predicted molar refractivity (Wildman–Crippen MR) is 45.9 cm³/mol. The molecule has 0 aromatic heterocycles. The molecule has 0 spiro atoms. The fourth-order valence-corrected chi connectivity index (χ4v) is 0.321. The van der Waals surface area contributed by atoms with E-state index in [4.69, 9.17) is 0 Å². The van der Waals surface area contributed by atoms with Gasteiger partial charge in [-0.25, -0.2) is 12.1 Å². The van der Waals surface area contributed by atoms with Crippen molar-refractivity contribution in [3.63, 3.8) is 0 Å². The Hall–Kier alpha value is 0.233. The summed E-state index contributed by atoms with van der Waals surface area (Å²) in [6.07, 6.45) is 0. The Morgan fingerprint density at radius 2 is 1.30 bits per heavy atom. The van der Waals surface area contributed by atoms with Crippen molar-refractivity contribution < 1.29 is 26.2 Å². The standard InChI is InChI=1S/C5H5.C2H5.2CH3.Zr/c1-2-4-5-3-1;1-2;;;/h1-5H;1H2,2H3;2*1H3;/q4*-1;+4. The minimum Gasteiger partial charge on any atom is -0.358 e. The van der Waals surface area contributed by atoms with E-state index in [9.17, 15) is 0 Å². The van der Waals surface area contributed by atoms with Gasteiger partial charge in [-0.05, 0) is 0 Å². The maximum atomic E-state index is 3.25. The van der Waals surface area contributed by atoms with E-state index in [1.807, 2.05) is 30.3 Å². The molecule has 0 nitrogen and oxygen atoms in total. The first-order valence-electron chi connectivity index (χ1n) is 2.37. The van der Waals surface area contributed by atoms with Crippen LogP contribution in [0.3, 0.4) is 0 Å². The van der Waals surface area contributed by atoms with Crippen LogP contribution in [0.25, 0.3) is 0 Å². The molecule has 0 radical (unpaired) electrons. The van der Waals surface area contributed by atoms with Crippen molar-refractivity contribution in [1.82, 2.24) is 0 Å². The summed E-state index contributed by atoms with van der Waals surface area (Å²) in [5, 5.41) is 0. The van der Waals surface area contributed by atoms with Gasteiger partial charge in [0.2, 0.25) is 0 Å². The molecule has 0 aliphatic carbocycles. The van der Waals surface area contributed by atoms with Crippen molar-refractivity contribution in [3.8, 4) is 0 Å². The third-order valence-corrected chi connectivity index (χ3v) is 0.556. The van der Waals surface area contributed by atoms with Crippen molar-refractivity contribution in [2.45, 2.75) is 6.92 Å². The molecule has 0 unspecified atom stereocenters. The van der Waals surface area contributed by atoms with E-state index < -0.39 is 0 Å². The van der Waals surface area contributed by atoms with Crippen molar-refractivity contribution in [2.24, 2.45) is 0 Å². The summed E-state index contributed by atoms with van der Waals surface area (Å²) in [5.74, 6) is 0. The molecule has 1 aromatic carbocycles. The molecule has 0 atom stereocenters. The van der Waals surface area contributed by atoms with Crippen LogP contribution >= 0.6 is 0 Å². The molecule has 0 saturated heterocycles. The molecule has 0 N–H and O–H groups in total. The van der Waals surface area contributed by atoms with E-state index in [0.717, 1.165) is 0 Å². The van der Waals surface area contributed by atoms with Crippen LogP contribution in [0.5, 0.6) is 0 Å². The van der Waals surface area contributed by atoms with E-state index in [-0.39, 0.29) is 41.1 Å². The molecule has 0 amide bonds. The van der Waals surface area contributed by atoms with Crippen LogP contribution in [0, 0.1) is 21.8 Å². The summed E-state index contributed by atoms with van der Waals surface area (Å²) in [6.45, 7) is 5.00. The Kier molecular flexibility index (Phi) is 51.3. The van der Waals surface area contributed by atoms with E-state index in [1.54, 1.807) is 6.92 Å². The Morgan fingerprint density at radius 3 is 1.40 bits per heavy atom. The molecule has 0 fully saturated rings. The Bertz CT molecular complexity index is 61.2. The third-order valence-electron chi connectivity index (χ3n) is 0.556. The zero-order valence-electron chi connectivity index (χ0n) is 7.09. The molecule has 10 heavy (non-hydrogen) atoms. The Labute approximate surface area is 85.1 Å². The second-order valence-electron chi connectivity index (χ2n) is 0.962. The van der Waals surface area contributed by atoms with Gasteiger partial charge in [-0.2, -0.15) is 25.1 Å². The van der Waals surface area contributed by atoms with E-state index in [1.165, 1.54) is 0 Å². The van der Waals surface area contributed by atoms with Crippen LogP contribution in [-0.4, -0.2) is 0 Å². The number of hydrogen-bond acceptors (Lipinski definition) is 0. The molecule has 0 aliphatic heterocycles. The number of hydrogen-bond donors (Lipinski definition) is 0. The van der Waals surface area contributed by atoms with Gasteiger partial charge < -0.3 is 21.8 Å². The average molecular weight is 215 g/mol. The van der Waals surface area contributed by atoms with E-state index in [0.29, 0.717) is 0 Å². The molecular formula is C9H16Zr. The smallest absolute Gasteiger partial charge is 0.358 e. The van der Waals surface area contributed by atoms with Crippen molar-refractivity contribution in [1.29, 1.82) is 0 Å². The normalized spacial score (nSPS) is 4.60. The molecule has 0 aliphatic rings. The first-order chi connectivity index (χ1) is 3.50. The van der Waals surface area contributed by atoms with Gasteiger partial charge in [0.1, 0.15) is 0 Å². The van der Waals surface area contributed by atoms with Gasteiger partial charge in [0, 0.05) is 0 Å². The molecule has 1 aromatic rings. The second-order valence-corrected chi connectivity index (χ2v) is 0.962. The van der Waals surface area contributed by atoms with Crippen LogP contribution in [-0.2, 0) is 26.2 Å². The molecule has 0 bridgehead atoms. The fraction of sp³-hybridized carbons (Fsp3) is 0.111. The maximum Gasteiger partial charge on any atom is 4.00 e. The fourth-order valence-electron chi connectivity index (χ4n) is 0.321. The van der Waals surface area contributed by atoms with Gasteiger partial charge in [0.15, 0.2) is 0 Å². The quantitative estimate of drug-likeness (QED) is 0.583. The second kappa shape index (κ2) is 22.9. The van der Waals surface area contributed by atoms with Gasteiger partial charge in [0.25, 0.3) is 0 Å². The van der Waals surface area contributed by atoms with Gasteiger partial charge in [-0.1, -0.05) is 0 Å². The zero-order valence-corrected chi connectivity index (χ0v) is 9.55. The molecule has 56 valence electrons. The van der Waals surface area contributed by atoms with Crippen LogP contribution in [0.15, 0.2) is 30.3 Å². The number of rotatable bonds is 0. The van der Waals surface area contributed by atoms with Crippen LogP contribution in [0.4, 0.5) is 0 Å². The summed E-state index contributed by atoms with van der Waals surface area (Å²) >= 11 is 0. The van der Waals surface area contributed by atoms with E-state index in [2.05, 4.69) is 6.92 Å². The van der Waals surface area contributed by atoms with Gasteiger partial charge in [0.05, 0.1) is 0 Å². The van der Waals surface area contributed by atoms with Crippen LogP contribution in [0.2, 0.25) is 0 Å². The van der Waals surface area contributed by atoms with Gasteiger partial charge >= 0.3 is 26.2 Å². The van der Waals surface area contributed by atoms with Gasteiger partial charge in [-0.3, -0.25) is 0 Å². The molecule has 0 heterocycles. The van der Waals surface area contributed by atoms with Crippen LogP contribution < -0.4 is 0 Å². The molecule has 1 rings (SSSR count). The van der Waals surface area contributed by atoms with Crippen molar-refractivity contribution >= 4 is 0 Å². The third kappa shape index (κ3) is 15.7. The summed E-state index contributed by atoms with van der Waals surface area (Å²) in [5.41, 5.74) is 0. The molecule has 1 heteroatoms. The Balaban J connectivity index is -0.0000000337.